The molecular weight excluding hydrogens is 264 g/mol. The summed E-state index contributed by atoms with van der Waals surface area (Å²) in [6.45, 7) is 0. The maximum atomic E-state index is 4.90. The maximum Gasteiger partial charge on any atom is 0.157 e. The summed E-state index contributed by atoms with van der Waals surface area (Å²) in [6, 6.07) is 11.8. The fourth-order valence-corrected chi connectivity index (χ4v) is 5.96. The summed E-state index contributed by atoms with van der Waals surface area (Å²) in [4.78, 5) is 4.90. The van der Waals surface area contributed by atoms with Gasteiger partial charge in [0.2, 0.25) is 0 Å². The second-order valence-electron chi connectivity index (χ2n) is 6.83. The first-order chi connectivity index (χ1) is 9.90. The van der Waals surface area contributed by atoms with Gasteiger partial charge in [0.15, 0.2) is 5.17 Å². The monoisotopic (exact) mass is 284 g/mol. The third-order valence-electron chi connectivity index (χ3n) is 5.86. The Morgan fingerprint density at radius 3 is 2.55 bits per heavy atom. The highest BCUT2D eigenvalue weighted by Crippen LogP contribution is 2.65. The Hall–Kier alpha value is -0.960. The minimum Gasteiger partial charge on any atom is -0.362 e. The van der Waals surface area contributed by atoms with Crippen molar-refractivity contribution in [1.29, 1.82) is 0 Å². The fourth-order valence-electron chi connectivity index (χ4n) is 4.96. The summed E-state index contributed by atoms with van der Waals surface area (Å²) >= 11 is 1.91. The van der Waals surface area contributed by atoms with Crippen molar-refractivity contribution in [2.24, 2.45) is 28.7 Å². The molecule has 5 atom stereocenters. The highest BCUT2D eigenvalue weighted by molar-refractivity contribution is 8.14. The summed E-state index contributed by atoms with van der Waals surface area (Å²) in [5.74, 6) is 5.17. The average Bonchev–Trinajstić information content (AvgIpc) is 2.92. The Morgan fingerprint density at radius 1 is 1.05 bits per heavy atom. The Kier molecular flexibility index (Phi) is 2.49. The number of nitrogens with zero attached hydrogens (tertiary/aromatic N) is 1. The summed E-state index contributed by atoms with van der Waals surface area (Å²) in [5.41, 5.74) is 1.35. The zero-order valence-corrected chi connectivity index (χ0v) is 12.4. The molecule has 0 spiro atoms. The molecule has 5 rings (SSSR count). The van der Waals surface area contributed by atoms with Gasteiger partial charge in [-0.05, 0) is 48.5 Å². The lowest BCUT2D eigenvalue weighted by molar-refractivity contribution is 0.456. The molecule has 1 heterocycles. The van der Waals surface area contributed by atoms with Gasteiger partial charge in [-0.1, -0.05) is 42.1 Å². The number of benzene rings is 1. The first-order valence-corrected chi connectivity index (χ1v) is 8.91. The summed E-state index contributed by atoms with van der Waals surface area (Å²) in [5, 5.41) is 4.97. The van der Waals surface area contributed by atoms with E-state index in [2.05, 4.69) is 35.6 Å². The number of aliphatic imine (C=N–C) groups is 1. The molecule has 0 aromatic heterocycles. The van der Waals surface area contributed by atoms with Gasteiger partial charge in [0.1, 0.15) is 0 Å². The molecule has 4 aliphatic rings. The zero-order chi connectivity index (χ0) is 13.1. The molecular formula is C17H20N2S. The second kappa shape index (κ2) is 4.27. The Labute approximate surface area is 124 Å². The van der Waals surface area contributed by atoms with E-state index in [0.717, 1.165) is 35.5 Å². The number of thioether (sulfide) groups is 1. The van der Waals surface area contributed by atoms with Crippen LogP contribution in [-0.2, 0) is 0 Å². The van der Waals surface area contributed by atoms with Crippen molar-refractivity contribution in [3.8, 4) is 0 Å². The molecule has 20 heavy (non-hydrogen) atoms. The number of nitrogens with one attached hydrogen (secondary N) is 1. The van der Waals surface area contributed by atoms with E-state index in [0.29, 0.717) is 6.04 Å². The van der Waals surface area contributed by atoms with Crippen LogP contribution in [0.4, 0.5) is 0 Å². The topological polar surface area (TPSA) is 24.4 Å². The van der Waals surface area contributed by atoms with Gasteiger partial charge in [0.25, 0.3) is 0 Å². The molecule has 1 aromatic rings. The van der Waals surface area contributed by atoms with Gasteiger partial charge in [-0.25, -0.2) is 0 Å². The van der Waals surface area contributed by atoms with E-state index in [1.165, 1.54) is 30.0 Å². The maximum absolute atomic E-state index is 4.90. The molecule has 3 saturated carbocycles. The molecule has 104 valence electrons. The standard InChI is InChI=1S/C17H20N2S/c1-2-4-10(5-3-1)13-9-20-17(18-13)19-16-14-11-6-7-12(8-11)15(14)16/h1-5,11-16H,6-9H2,(H,18,19). The fraction of sp³-hybridized carbons (Fsp3) is 0.588. The number of hydrogen-bond acceptors (Lipinski definition) is 3. The van der Waals surface area contributed by atoms with Crippen molar-refractivity contribution in [3.05, 3.63) is 35.9 Å². The van der Waals surface area contributed by atoms with Crippen LogP contribution in [0.25, 0.3) is 0 Å². The van der Waals surface area contributed by atoms with Crippen LogP contribution in [0.2, 0.25) is 0 Å². The number of rotatable bonds is 2. The number of amidine groups is 1. The molecule has 1 aromatic carbocycles. The predicted octanol–water partition coefficient (Wildman–Crippen LogP) is 3.46. The first kappa shape index (κ1) is 11.7. The first-order valence-electron chi connectivity index (χ1n) is 7.92. The van der Waals surface area contributed by atoms with Gasteiger partial charge < -0.3 is 5.32 Å². The Balaban J connectivity index is 1.28. The van der Waals surface area contributed by atoms with Crippen molar-refractivity contribution < 1.29 is 0 Å². The molecule has 2 nitrogen and oxygen atoms in total. The Morgan fingerprint density at radius 2 is 1.80 bits per heavy atom. The van der Waals surface area contributed by atoms with Crippen LogP contribution < -0.4 is 5.32 Å². The predicted molar refractivity (Wildman–Crippen MR) is 83.8 cm³/mol. The molecule has 1 N–H and O–H groups in total. The average molecular weight is 284 g/mol. The molecule has 0 saturated heterocycles. The molecule has 2 bridgehead atoms. The van der Waals surface area contributed by atoms with Crippen molar-refractivity contribution in [2.75, 3.05) is 5.75 Å². The van der Waals surface area contributed by atoms with Gasteiger partial charge in [0.05, 0.1) is 6.04 Å². The van der Waals surface area contributed by atoms with Gasteiger partial charge >= 0.3 is 0 Å². The van der Waals surface area contributed by atoms with Crippen molar-refractivity contribution in [1.82, 2.24) is 5.32 Å². The quantitative estimate of drug-likeness (QED) is 0.899. The number of fused-ring (bicyclic) bond motifs is 5. The lowest BCUT2D eigenvalue weighted by Gasteiger charge is -2.10. The van der Waals surface area contributed by atoms with Crippen LogP contribution in [0.15, 0.2) is 35.3 Å². The van der Waals surface area contributed by atoms with Gasteiger partial charge in [-0.3, -0.25) is 4.99 Å². The van der Waals surface area contributed by atoms with Crippen LogP contribution in [0.5, 0.6) is 0 Å². The summed E-state index contributed by atoms with van der Waals surface area (Å²) in [7, 11) is 0. The molecule has 3 aliphatic carbocycles. The van der Waals surface area contributed by atoms with E-state index in [-0.39, 0.29) is 0 Å². The molecule has 3 fully saturated rings. The zero-order valence-electron chi connectivity index (χ0n) is 11.5. The van der Waals surface area contributed by atoms with Crippen molar-refractivity contribution in [3.63, 3.8) is 0 Å². The second-order valence-corrected chi connectivity index (χ2v) is 7.84. The van der Waals surface area contributed by atoms with Gasteiger partial charge in [-0.15, -0.1) is 0 Å². The van der Waals surface area contributed by atoms with Gasteiger partial charge in [-0.2, -0.15) is 0 Å². The largest absolute Gasteiger partial charge is 0.362 e. The third-order valence-corrected chi connectivity index (χ3v) is 6.84. The minimum atomic E-state index is 0.360. The van der Waals surface area contributed by atoms with Crippen LogP contribution in [0, 0.1) is 23.7 Å². The smallest absolute Gasteiger partial charge is 0.157 e. The van der Waals surface area contributed by atoms with Crippen molar-refractivity contribution in [2.45, 2.75) is 31.3 Å². The lowest BCUT2D eigenvalue weighted by Crippen LogP contribution is -2.26. The highest BCUT2D eigenvalue weighted by Gasteiger charge is 2.65. The molecule has 5 unspecified atom stereocenters. The minimum absolute atomic E-state index is 0.360. The van der Waals surface area contributed by atoms with E-state index in [1.54, 1.807) is 0 Å². The summed E-state index contributed by atoms with van der Waals surface area (Å²) in [6.07, 6.45) is 4.52. The number of hydrogen-bond donors (Lipinski definition) is 1. The van der Waals surface area contributed by atoms with E-state index in [1.807, 2.05) is 11.8 Å². The van der Waals surface area contributed by atoms with Crippen LogP contribution in [-0.4, -0.2) is 17.0 Å². The van der Waals surface area contributed by atoms with Gasteiger partial charge in [0, 0.05) is 11.8 Å². The summed E-state index contributed by atoms with van der Waals surface area (Å²) < 4.78 is 0. The highest BCUT2D eigenvalue weighted by atomic mass is 32.2. The molecule has 0 radical (unpaired) electrons. The van der Waals surface area contributed by atoms with E-state index in [4.69, 9.17) is 4.99 Å². The third kappa shape index (κ3) is 1.68. The Bertz CT molecular complexity index is 539. The van der Waals surface area contributed by atoms with E-state index >= 15 is 0 Å². The van der Waals surface area contributed by atoms with Crippen LogP contribution in [0.1, 0.15) is 30.9 Å². The molecule has 3 heteroatoms. The van der Waals surface area contributed by atoms with Crippen molar-refractivity contribution >= 4 is 16.9 Å². The van der Waals surface area contributed by atoms with Crippen LogP contribution in [0.3, 0.4) is 0 Å². The van der Waals surface area contributed by atoms with Crippen LogP contribution >= 0.6 is 11.8 Å². The normalized spacial score (nSPS) is 44.3. The molecule has 1 aliphatic heterocycles. The van der Waals surface area contributed by atoms with E-state index < -0.39 is 0 Å². The molecule has 0 amide bonds. The van der Waals surface area contributed by atoms with E-state index in [9.17, 15) is 0 Å². The lowest BCUT2D eigenvalue weighted by atomic mass is 10.0. The SMILES string of the molecule is c1ccc(C2CSC(NC3C4C5CCC(C5)C34)=N2)cc1.